The normalized spacial score (nSPS) is 10.3. The maximum Gasteiger partial charge on any atom is 0.147 e. The highest BCUT2D eigenvalue weighted by Crippen LogP contribution is 2.29. The number of nitrogens with zero attached hydrogens (tertiary/aromatic N) is 1. The molecule has 1 aromatic carbocycles. The smallest absolute Gasteiger partial charge is 0.147 e. The van der Waals surface area contributed by atoms with E-state index in [1.54, 1.807) is 30.6 Å². The Morgan fingerprint density at radius 1 is 1.11 bits per heavy atom. The van der Waals surface area contributed by atoms with Crippen molar-refractivity contribution in [3.05, 3.63) is 46.7 Å². The van der Waals surface area contributed by atoms with Crippen molar-refractivity contribution < 1.29 is 4.74 Å². The molecular formula is C14H14Cl2N2O. The highest BCUT2D eigenvalue weighted by atomic mass is 35.5. The van der Waals surface area contributed by atoms with Gasteiger partial charge in [-0.05, 0) is 18.6 Å². The number of rotatable bonds is 5. The molecule has 100 valence electrons. The number of ether oxygens (including phenoxy) is 1. The number of hydrogen-bond donors (Lipinski definition) is 1. The van der Waals surface area contributed by atoms with Crippen LogP contribution in [0.4, 0.5) is 5.69 Å². The van der Waals surface area contributed by atoms with E-state index in [0.717, 1.165) is 18.7 Å². The van der Waals surface area contributed by atoms with Crippen LogP contribution in [0.15, 0.2) is 36.7 Å². The summed E-state index contributed by atoms with van der Waals surface area (Å²) in [5.74, 6) is 1.28. The summed E-state index contributed by atoms with van der Waals surface area (Å²) in [4.78, 5) is 4.13. The minimum atomic E-state index is 0.465. The first kappa shape index (κ1) is 14.0. The van der Waals surface area contributed by atoms with Gasteiger partial charge in [-0.3, -0.25) is 4.98 Å². The van der Waals surface area contributed by atoms with Gasteiger partial charge in [0.05, 0.1) is 28.1 Å². The van der Waals surface area contributed by atoms with E-state index in [1.165, 1.54) is 0 Å². The summed E-state index contributed by atoms with van der Waals surface area (Å²) in [6.45, 7) is 3.01. The molecule has 1 aromatic heterocycles. The molecular weight excluding hydrogens is 283 g/mol. The Morgan fingerprint density at radius 2 is 1.95 bits per heavy atom. The first-order valence-corrected chi connectivity index (χ1v) is 6.76. The Bertz CT molecular complexity index is 561. The van der Waals surface area contributed by atoms with Gasteiger partial charge >= 0.3 is 0 Å². The molecule has 0 bridgehead atoms. The van der Waals surface area contributed by atoms with Crippen LogP contribution in [0.3, 0.4) is 0 Å². The van der Waals surface area contributed by atoms with Crippen LogP contribution in [-0.2, 0) is 0 Å². The van der Waals surface area contributed by atoms with E-state index >= 15 is 0 Å². The predicted molar refractivity (Wildman–Crippen MR) is 79.6 cm³/mol. The topological polar surface area (TPSA) is 34.2 Å². The van der Waals surface area contributed by atoms with Crippen LogP contribution < -0.4 is 10.1 Å². The first-order valence-electron chi connectivity index (χ1n) is 6.01. The lowest BCUT2D eigenvalue weighted by Gasteiger charge is -2.09. The van der Waals surface area contributed by atoms with Crippen molar-refractivity contribution in [3.63, 3.8) is 0 Å². The molecule has 0 aliphatic carbocycles. The van der Waals surface area contributed by atoms with Gasteiger partial charge in [-0.15, -0.1) is 0 Å². The molecule has 1 heterocycles. The molecule has 19 heavy (non-hydrogen) atoms. The minimum Gasteiger partial charge on any atom is -0.456 e. The molecule has 0 radical (unpaired) electrons. The van der Waals surface area contributed by atoms with Crippen LogP contribution >= 0.6 is 23.2 Å². The SMILES string of the molecule is CCCNc1cncc(Oc2ccc(Cl)c(Cl)c2)c1. The number of pyridine rings is 1. The van der Waals surface area contributed by atoms with Crippen LogP contribution in [0.1, 0.15) is 13.3 Å². The molecule has 5 heteroatoms. The van der Waals surface area contributed by atoms with Crippen LogP contribution in [0, 0.1) is 0 Å². The first-order chi connectivity index (χ1) is 9.19. The number of aromatic nitrogens is 1. The molecule has 0 atom stereocenters. The van der Waals surface area contributed by atoms with Gasteiger partial charge in [0.2, 0.25) is 0 Å². The van der Waals surface area contributed by atoms with E-state index in [4.69, 9.17) is 27.9 Å². The molecule has 1 N–H and O–H groups in total. The van der Waals surface area contributed by atoms with E-state index in [2.05, 4.69) is 17.2 Å². The summed E-state index contributed by atoms with van der Waals surface area (Å²) in [5.41, 5.74) is 0.930. The summed E-state index contributed by atoms with van der Waals surface area (Å²) in [7, 11) is 0. The molecule has 0 unspecified atom stereocenters. The van der Waals surface area contributed by atoms with Crippen molar-refractivity contribution in [2.45, 2.75) is 13.3 Å². The Morgan fingerprint density at radius 3 is 2.68 bits per heavy atom. The summed E-state index contributed by atoms with van der Waals surface area (Å²) in [5, 5.41) is 4.22. The van der Waals surface area contributed by atoms with E-state index < -0.39 is 0 Å². The molecule has 2 aromatic rings. The van der Waals surface area contributed by atoms with Gasteiger partial charge in [-0.1, -0.05) is 30.1 Å². The van der Waals surface area contributed by atoms with Crippen molar-refractivity contribution in [2.24, 2.45) is 0 Å². The van der Waals surface area contributed by atoms with Crippen LogP contribution in [0.2, 0.25) is 10.0 Å². The van der Waals surface area contributed by atoms with Gasteiger partial charge in [-0.25, -0.2) is 0 Å². The number of hydrogen-bond acceptors (Lipinski definition) is 3. The second-order valence-electron chi connectivity index (χ2n) is 4.01. The highest BCUT2D eigenvalue weighted by Gasteiger charge is 2.03. The number of halogens is 2. The maximum atomic E-state index is 5.94. The van der Waals surface area contributed by atoms with Gasteiger partial charge in [0.25, 0.3) is 0 Å². The standard InChI is InChI=1S/C14H14Cl2N2O/c1-2-5-18-10-6-12(9-17-8-10)19-11-3-4-13(15)14(16)7-11/h3-4,6-9,18H,2,5H2,1H3. The molecule has 3 nitrogen and oxygen atoms in total. The second-order valence-corrected chi connectivity index (χ2v) is 4.83. The Labute approximate surface area is 122 Å². The van der Waals surface area contributed by atoms with Gasteiger partial charge < -0.3 is 10.1 Å². The van der Waals surface area contributed by atoms with Crippen molar-refractivity contribution in [3.8, 4) is 11.5 Å². The van der Waals surface area contributed by atoms with Crippen molar-refractivity contribution in [2.75, 3.05) is 11.9 Å². The van der Waals surface area contributed by atoms with Crippen LogP contribution in [0.5, 0.6) is 11.5 Å². The molecule has 0 spiro atoms. The Kier molecular flexibility index (Phi) is 4.88. The van der Waals surface area contributed by atoms with Crippen LogP contribution in [-0.4, -0.2) is 11.5 Å². The lowest BCUT2D eigenvalue weighted by Crippen LogP contribution is -2.00. The molecule has 0 saturated heterocycles. The Balaban J connectivity index is 2.11. The average Bonchev–Trinajstić information content (AvgIpc) is 2.41. The largest absolute Gasteiger partial charge is 0.456 e. The maximum absolute atomic E-state index is 5.94. The summed E-state index contributed by atoms with van der Waals surface area (Å²) < 4.78 is 5.69. The van der Waals surface area contributed by atoms with E-state index in [9.17, 15) is 0 Å². The molecule has 0 fully saturated rings. The third-order valence-corrected chi connectivity index (χ3v) is 3.16. The number of anilines is 1. The fourth-order valence-electron chi connectivity index (χ4n) is 1.52. The summed E-state index contributed by atoms with van der Waals surface area (Å²) in [6.07, 6.45) is 4.47. The lowest BCUT2D eigenvalue weighted by atomic mass is 10.3. The number of benzene rings is 1. The fraction of sp³-hybridized carbons (Fsp3) is 0.214. The third-order valence-electron chi connectivity index (χ3n) is 2.42. The summed E-state index contributed by atoms with van der Waals surface area (Å²) >= 11 is 11.8. The highest BCUT2D eigenvalue weighted by molar-refractivity contribution is 6.42. The van der Waals surface area contributed by atoms with E-state index in [1.807, 2.05) is 6.07 Å². The van der Waals surface area contributed by atoms with Crippen molar-refractivity contribution in [1.82, 2.24) is 4.98 Å². The Hall–Kier alpha value is -1.45. The molecule has 2 rings (SSSR count). The zero-order valence-electron chi connectivity index (χ0n) is 10.5. The zero-order valence-corrected chi connectivity index (χ0v) is 12.0. The van der Waals surface area contributed by atoms with E-state index in [-0.39, 0.29) is 0 Å². The average molecular weight is 297 g/mol. The summed E-state index contributed by atoms with van der Waals surface area (Å²) in [6, 6.07) is 7.04. The van der Waals surface area contributed by atoms with Crippen molar-refractivity contribution in [1.29, 1.82) is 0 Å². The van der Waals surface area contributed by atoms with Gasteiger partial charge in [0.15, 0.2) is 0 Å². The van der Waals surface area contributed by atoms with E-state index in [0.29, 0.717) is 21.5 Å². The molecule has 0 aliphatic rings. The molecule has 0 amide bonds. The lowest BCUT2D eigenvalue weighted by molar-refractivity contribution is 0.480. The van der Waals surface area contributed by atoms with Crippen molar-refractivity contribution >= 4 is 28.9 Å². The minimum absolute atomic E-state index is 0.465. The van der Waals surface area contributed by atoms with Gasteiger partial charge in [0, 0.05) is 18.7 Å². The second kappa shape index (κ2) is 6.64. The number of nitrogens with one attached hydrogen (secondary N) is 1. The van der Waals surface area contributed by atoms with Gasteiger partial charge in [-0.2, -0.15) is 0 Å². The monoisotopic (exact) mass is 296 g/mol. The quantitative estimate of drug-likeness (QED) is 0.843. The van der Waals surface area contributed by atoms with Crippen LogP contribution in [0.25, 0.3) is 0 Å². The van der Waals surface area contributed by atoms with Gasteiger partial charge in [0.1, 0.15) is 11.5 Å². The third kappa shape index (κ3) is 4.01. The predicted octanol–water partition coefficient (Wildman–Crippen LogP) is 5.00. The zero-order chi connectivity index (χ0) is 13.7. The molecule has 0 saturated carbocycles. The fourth-order valence-corrected chi connectivity index (χ4v) is 1.81. The molecule has 0 aliphatic heterocycles.